The number of hydrogen-bond donors (Lipinski definition) is 0. The van der Waals surface area contributed by atoms with Crippen LogP contribution in [-0.2, 0) is 9.53 Å². The summed E-state index contributed by atoms with van der Waals surface area (Å²) in [5.41, 5.74) is 2.05. The van der Waals surface area contributed by atoms with Crippen molar-refractivity contribution < 1.29 is 9.53 Å². The zero-order valence-electron chi connectivity index (χ0n) is 19.0. The average Bonchev–Trinajstić information content (AvgIpc) is 3.10. The zero-order chi connectivity index (χ0) is 24.6. The summed E-state index contributed by atoms with van der Waals surface area (Å²) in [5, 5.41) is 0.779. The van der Waals surface area contributed by atoms with E-state index < -0.39 is 12.0 Å². The predicted molar refractivity (Wildman–Crippen MR) is 140 cm³/mol. The van der Waals surface area contributed by atoms with Crippen LogP contribution in [0.4, 0.5) is 0 Å². The van der Waals surface area contributed by atoms with E-state index in [4.69, 9.17) is 27.9 Å². The number of carbonyl (C=O) groups is 1. The smallest absolute Gasteiger partial charge is 0.338 e. The Bertz CT molecular complexity index is 1470. The van der Waals surface area contributed by atoms with Gasteiger partial charge in [-0.25, -0.2) is 9.79 Å². The van der Waals surface area contributed by atoms with Gasteiger partial charge in [0.25, 0.3) is 5.56 Å². The van der Waals surface area contributed by atoms with Gasteiger partial charge in [0.05, 0.1) is 38.0 Å². The summed E-state index contributed by atoms with van der Waals surface area (Å²) in [7, 11) is 0. The number of hydrogen-bond acceptors (Lipinski definition) is 6. The van der Waals surface area contributed by atoms with E-state index in [0.29, 0.717) is 36.2 Å². The molecule has 9 heteroatoms. The van der Waals surface area contributed by atoms with Gasteiger partial charge in [-0.3, -0.25) is 9.36 Å². The molecule has 0 unspecified atom stereocenters. The Hall–Kier alpha value is -2.32. The highest BCUT2D eigenvalue weighted by molar-refractivity contribution is 7.98. The minimum Gasteiger partial charge on any atom is -0.459 e. The van der Waals surface area contributed by atoms with Crippen LogP contribution in [0.5, 0.6) is 0 Å². The van der Waals surface area contributed by atoms with Gasteiger partial charge in [0, 0.05) is 4.90 Å². The normalized spacial score (nSPS) is 16.0. The molecule has 1 aliphatic rings. The van der Waals surface area contributed by atoms with Gasteiger partial charge in [-0.05, 0) is 62.4 Å². The Kier molecular flexibility index (Phi) is 7.38. The maximum atomic E-state index is 13.6. The third-order valence-corrected chi connectivity index (χ3v) is 7.84. The first-order valence-corrected chi connectivity index (χ1v) is 13.3. The highest BCUT2D eigenvalue weighted by Crippen LogP contribution is 2.32. The number of allylic oxidation sites excluding steroid dienone is 1. The standard InChI is InChI=1S/C25H22Cl2N2O3S2/c1-13(2)32-24(31)20-14(3)28-25-29(22(20)15-8-10-17(33-4)11-9-15)23(30)19(34-25)12-16-6-5-7-18(26)21(16)27/h5-13,22H,1-4H3/b19-12-/t22-/m1/s1. The molecule has 0 bridgehead atoms. The van der Waals surface area contributed by atoms with Gasteiger partial charge < -0.3 is 4.74 Å². The van der Waals surface area contributed by atoms with E-state index in [-0.39, 0.29) is 11.7 Å². The van der Waals surface area contributed by atoms with E-state index in [1.807, 2.05) is 30.5 Å². The molecule has 4 rings (SSSR count). The van der Waals surface area contributed by atoms with Crippen LogP contribution in [0.25, 0.3) is 6.08 Å². The summed E-state index contributed by atoms with van der Waals surface area (Å²) in [6.45, 7) is 5.35. The largest absolute Gasteiger partial charge is 0.459 e. The minimum absolute atomic E-state index is 0.263. The van der Waals surface area contributed by atoms with E-state index in [0.717, 1.165) is 10.5 Å². The number of thiazole rings is 1. The molecule has 0 fully saturated rings. The molecule has 1 aliphatic heterocycles. The summed E-state index contributed by atoms with van der Waals surface area (Å²) >= 11 is 15.4. The number of rotatable bonds is 5. The SMILES string of the molecule is CSc1ccc([C@@H]2C(C(=O)OC(C)C)=C(C)N=c3s/c(=C\c4cccc(Cl)c4Cl)c(=O)n32)cc1. The van der Waals surface area contributed by atoms with Gasteiger partial charge in [-0.2, -0.15) is 0 Å². The number of halogens is 2. The molecule has 0 spiro atoms. The fourth-order valence-electron chi connectivity index (χ4n) is 3.74. The van der Waals surface area contributed by atoms with Crippen LogP contribution < -0.4 is 14.9 Å². The second-order valence-corrected chi connectivity index (χ2v) is 10.6. The maximum Gasteiger partial charge on any atom is 0.338 e. The summed E-state index contributed by atoms with van der Waals surface area (Å²) in [5.74, 6) is -0.484. The van der Waals surface area contributed by atoms with Crippen LogP contribution in [0.15, 0.2) is 68.4 Å². The second-order valence-electron chi connectivity index (χ2n) is 7.95. The van der Waals surface area contributed by atoms with Crippen LogP contribution in [0.2, 0.25) is 10.0 Å². The van der Waals surface area contributed by atoms with Crippen molar-refractivity contribution in [3.05, 3.63) is 94.6 Å². The Morgan fingerprint density at radius 2 is 1.91 bits per heavy atom. The van der Waals surface area contributed by atoms with E-state index in [1.54, 1.807) is 61.4 Å². The molecule has 0 amide bonds. The van der Waals surface area contributed by atoms with Crippen LogP contribution in [0.3, 0.4) is 0 Å². The maximum absolute atomic E-state index is 13.6. The number of ether oxygens (including phenoxy) is 1. The van der Waals surface area contributed by atoms with Crippen molar-refractivity contribution in [2.45, 2.75) is 37.8 Å². The van der Waals surface area contributed by atoms with Gasteiger partial charge in [0.15, 0.2) is 4.80 Å². The number of benzene rings is 2. The number of thioether (sulfide) groups is 1. The Morgan fingerprint density at radius 1 is 1.21 bits per heavy atom. The molecule has 0 N–H and O–H groups in total. The molecule has 0 aliphatic carbocycles. The third-order valence-electron chi connectivity index (χ3n) is 5.28. The van der Waals surface area contributed by atoms with E-state index in [9.17, 15) is 9.59 Å². The molecule has 2 aromatic carbocycles. The number of carbonyl (C=O) groups excluding carboxylic acids is 1. The molecule has 1 aromatic heterocycles. The van der Waals surface area contributed by atoms with Crippen molar-refractivity contribution in [2.75, 3.05) is 6.26 Å². The second kappa shape index (κ2) is 10.1. The van der Waals surface area contributed by atoms with Crippen molar-refractivity contribution in [1.82, 2.24) is 4.57 Å². The van der Waals surface area contributed by atoms with Crippen LogP contribution in [-0.4, -0.2) is 22.9 Å². The quantitative estimate of drug-likeness (QED) is 0.334. The highest BCUT2D eigenvalue weighted by Gasteiger charge is 2.33. The molecule has 5 nitrogen and oxygen atoms in total. The molecular weight excluding hydrogens is 511 g/mol. The number of esters is 1. The molecule has 0 radical (unpaired) electrons. The summed E-state index contributed by atoms with van der Waals surface area (Å²) in [4.78, 5) is 33.0. The molecule has 0 saturated heterocycles. The first-order chi connectivity index (χ1) is 16.2. The average molecular weight is 534 g/mol. The van der Waals surface area contributed by atoms with Gasteiger partial charge in [-0.15, -0.1) is 11.8 Å². The summed E-state index contributed by atoms with van der Waals surface area (Å²) in [6, 6.07) is 12.4. The highest BCUT2D eigenvalue weighted by atomic mass is 35.5. The molecule has 34 heavy (non-hydrogen) atoms. The van der Waals surface area contributed by atoms with E-state index >= 15 is 0 Å². The van der Waals surface area contributed by atoms with Crippen molar-refractivity contribution >= 4 is 58.3 Å². The van der Waals surface area contributed by atoms with Crippen molar-refractivity contribution in [3.8, 4) is 0 Å². The molecule has 2 heterocycles. The third kappa shape index (κ3) is 4.75. The van der Waals surface area contributed by atoms with E-state index in [1.165, 1.54) is 11.3 Å². The Balaban J connectivity index is 1.95. The topological polar surface area (TPSA) is 60.7 Å². The Morgan fingerprint density at radius 3 is 2.56 bits per heavy atom. The van der Waals surface area contributed by atoms with Gasteiger partial charge in [-0.1, -0.05) is 58.8 Å². The van der Waals surface area contributed by atoms with Crippen LogP contribution >= 0.6 is 46.3 Å². The molecule has 1 atom stereocenters. The molecule has 176 valence electrons. The number of nitrogens with zero attached hydrogens (tertiary/aromatic N) is 2. The molecular formula is C25H22Cl2N2O3S2. The summed E-state index contributed by atoms with van der Waals surface area (Å²) in [6.07, 6.45) is 3.40. The number of aromatic nitrogens is 1. The lowest BCUT2D eigenvalue weighted by Gasteiger charge is -2.25. The van der Waals surface area contributed by atoms with Gasteiger partial charge in [0.2, 0.25) is 0 Å². The lowest BCUT2D eigenvalue weighted by Crippen LogP contribution is -2.40. The monoisotopic (exact) mass is 532 g/mol. The van der Waals surface area contributed by atoms with Crippen molar-refractivity contribution in [2.24, 2.45) is 4.99 Å². The lowest BCUT2D eigenvalue weighted by atomic mass is 9.96. The van der Waals surface area contributed by atoms with Gasteiger partial charge >= 0.3 is 5.97 Å². The van der Waals surface area contributed by atoms with E-state index in [2.05, 4.69) is 4.99 Å². The van der Waals surface area contributed by atoms with Crippen LogP contribution in [0.1, 0.15) is 37.9 Å². The van der Waals surface area contributed by atoms with Crippen molar-refractivity contribution in [1.29, 1.82) is 0 Å². The predicted octanol–water partition coefficient (Wildman–Crippen LogP) is 5.22. The zero-order valence-corrected chi connectivity index (χ0v) is 22.1. The first-order valence-electron chi connectivity index (χ1n) is 10.5. The van der Waals surface area contributed by atoms with Gasteiger partial charge in [0.1, 0.15) is 0 Å². The minimum atomic E-state index is -0.657. The lowest BCUT2D eigenvalue weighted by molar-refractivity contribution is -0.143. The van der Waals surface area contributed by atoms with Crippen LogP contribution in [0, 0.1) is 0 Å². The Labute approximate surface area is 215 Å². The summed E-state index contributed by atoms with van der Waals surface area (Å²) < 4.78 is 7.54. The number of fused-ring (bicyclic) bond motifs is 1. The first kappa shape index (κ1) is 24.8. The fourth-order valence-corrected chi connectivity index (χ4v) is 5.54. The molecule has 0 saturated carbocycles. The van der Waals surface area contributed by atoms with Crippen molar-refractivity contribution in [3.63, 3.8) is 0 Å². The molecule has 3 aromatic rings. The fraction of sp³-hybridized carbons (Fsp3) is 0.240.